The third-order valence-electron chi connectivity index (χ3n) is 4.01. The first-order valence-electron chi connectivity index (χ1n) is 8.72. The summed E-state index contributed by atoms with van der Waals surface area (Å²) >= 11 is 5.96. The molecule has 150 valence electrons. The first-order valence-corrected chi connectivity index (χ1v) is 9.09. The molecule has 0 spiro atoms. The van der Waals surface area contributed by atoms with E-state index in [1.807, 2.05) is 6.92 Å². The standard InChI is InChI=1S/C20H23ClFN3O3/c1-4-25(16-8-6-15(22)7-9-16)20(27)13-24(2)12-19(26)23-17-11-14(21)5-10-18(17)28-3/h5-11H,4,12-13H2,1-3H3,(H,23,26). The molecule has 0 aliphatic carbocycles. The van der Waals surface area contributed by atoms with E-state index in [0.717, 1.165) is 0 Å². The number of nitrogens with zero attached hydrogens (tertiary/aromatic N) is 2. The molecule has 0 aromatic heterocycles. The fraction of sp³-hybridized carbons (Fsp3) is 0.300. The number of hydrogen-bond acceptors (Lipinski definition) is 4. The summed E-state index contributed by atoms with van der Waals surface area (Å²) in [6.07, 6.45) is 0. The minimum atomic E-state index is -0.363. The number of likely N-dealkylation sites (N-methyl/N-ethyl adjacent to an activating group) is 2. The van der Waals surface area contributed by atoms with Crippen LogP contribution in [0.3, 0.4) is 0 Å². The van der Waals surface area contributed by atoms with Gasteiger partial charge in [0.25, 0.3) is 0 Å². The highest BCUT2D eigenvalue weighted by Crippen LogP contribution is 2.27. The SMILES string of the molecule is CCN(C(=O)CN(C)CC(=O)Nc1cc(Cl)ccc1OC)c1ccc(F)cc1. The lowest BCUT2D eigenvalue weighted by molar-refractivity contribution is -0.121. The van der Waals surface area contributed by atoms with Crippen LogP contribution < -0.4 is 15.0 Å². The van der Waals surface area contributed by atoms with Crippen LogP contribution in [-0.4, -0.2) is 50.5 Å². The van der Waals surface area contributed by atoms with Crippen molar-refractivity contribution in [3.8, 4) is 5.75 Å². The van der Waals surface area contributed by atoms with Gasteiger partial charge in [0.1, 0.15) is 11.6 Å². The maximum Gasteiger partial charge on any atom is 0.241 e. The van der Waals surface area contributed by atoms with Crippen LogP contribution in [0.1, 0.15) is 6.92 Å². The molecular weight excluding hydrogens is 385 g/mol. The minimum Gasteiger partial charge on any atom is -0.495 e. The maximum absolute atomic E-state index is 13.1. The number of amides is 2. The maximum atomic E-state index is 13.1. The summed E-state index contributed by atoms with van der Waals surface area (Å²) in [7, 11) is 3.17. The Morgan fingerprint density at radius 2 is 1.82 bits per heavy atom. The molecule has 0 aliphatic rings. The zero-order valence-corrected chi connectivity index (χ0v) is 16.8. The first kappa shape index (κ1) is 21.7. The number of hydrogen-bond donors (Lipinski definition) is 1. The molecule has 0 heterocycles. The lowest BCUT2D eigenvalue weighted by Gasteiger charge is -2.24. The Bertz CT molecular complexity index is 830. The van der Waals surface area contributed by atoms with E-state index in [0.29, 0.717) is 28.7 Å². The van der Waals surface area contributed by atoms with Crippen molar-refractivity contribution in [1.82, 2.24) is 4.90 Å². The highest BCUT2D eigenvalue weighted by Gasteiger charge is 2.18. The normalized spacial score (nSPS) is 10.6. The molecule has 0 atom stereocenters. The Hall–Kier alpha value is -2.64. The van der Waals surface area contributed by atoms with E-state index in [1.54, 1.807) is 42.3 Å². The number of halogens is 2. The van der Waals surface area contributed by atoms with Gasteiger partial charge in [0.05, 0.1) is 25.9 Å². The van der Waals surface area contributed by atoms with Gasteiger partial charge in [-0.25, -0.2) is 4.39 Å². The number of carbonyl (C=O) groups excluding carboxylic acids is 2. The molecule has 8 heteroatoms. The van der Waals surface area contributed by atoms with E-state index in [9.17, 15) is 14.0 Å². The molecule has 2 aromatic carbocycles. The number of carbonyl (C=O) groups is 2. The molecule has 28 heavy (non-hydrogen) atoms. The first-order chi connectivity index (χ1) is 13.3. The van der Waals surface area contributed by atoms with E-state index < -0.39 is 0 Å². The van der Waals surface area contributed by atoms with Gasteiger partial charge < -0.3 is 15.0 Å². The molecule has 0 aliphatic heterocycles. The van der Waals surface area contributed by atoms with E-state index in [1.165, 1.54) is 24.1 Å². The Kier molecular flexibility index (Phi) is 7.78. The topological polar surface area (TPSA) is 61.9 Å². The Morgan fingerprint density at radius 1 is 1.14 bits per heavy atom. The predicted molar refractivity (Wildman–Crippen MR) is 109 cm³/mol. The van der Waals surface area contributed by atoms with Crippen molar-refractivity contribution in [2.75, 3.05) is 44.0 Å². The predicted octanol–water partition coefficient (Wildman–Crippen LogP) is 3.41. The Morgan fingerprint density at radius 3 is 2.43 bits per heavy atom. The number of nitrogens with one attached hydrogen (secondary N) is 1. The van der Waals surface area contributed by atoms with Gasteiger partial charge in [0.15, 0.2) is 0 Å². The Balaban J connectivity index is 1.96. The van der Waals surface area contributed by atoms with Crippen LogP contribution in [0.5, 0.6) is 5.75 Å². The average molecular weight is 408 g/mol. The van der Waals surface area contributed by atoms with Gasteiger partial charge in [0.2, 0.25) is 11.8 Å². The van der Waals surface area contributed by atoms with Gasteiger partial charge in [-0.05, 0) is 56.4 Å². The van der Waals surface area contributed by atoms with Crippen LogP contribution >= 0.6 is 11.6 Å². The van der Waals surface area contributed by atoms with E-state index in [4.69, 9.17) is 16.3 Å². The zero-order valence-electron chi connectivity index (χ0n) is 16.0. The third kappa shape index (κ3) is 5.94. The van der Waals surface area contributed by atoms with Gasteiger partial charge in [-0.3, -0.25) is 14.5 Å². The molecule has 0 fully saturated rings. The van der Waals surface area contributed by atoms with Crippen LogP contribution in [0.4, 0.5) is 15.8 Å². The highest BCUT2D eigenvalue weighted by atomic mass is 35.5. The molecule has 0 bridgehead atoms. The lowest BCUT2D eigenvalue weighted by atomic mass is 10.2. The van der Waals surface area contributed by atoms with Crippen molar-refractivity contribution < 1.29 is 18.7 Å². The van der Waals surface area contributed by atoms with Crippen LogP contribution in [-0.2, 0) is 9.59 Å². The van der Waals surface area contributed by atoms with Crippen molar-refractivity contribution >= 4 is 34.8 Å². The smallest absolute Gasteiger partial charge is 0.241 e. The van der Waals surface area contributed by atoms with Crippen LogP contribution in [0.25, 0.3) is 0 Å². The fourth-order valence-corrected chi connectivity index (χ4v) is 2.88. The van der Waals surface area contributed by atoms with Crippen molar-refractivity contribution in [3.63, 3.8) is 0 Å². The molecular formula is C20H23ClFN3O3. The van der Waals surface area contributed by atoms with E-state index in [2.05, 4.69) is 5.32 Å². The van der Waals surface area contributed by atoms with Crippen molar-refractivity contribution in [3.05, 3.63) is 53.3 Å². The van der Waals surface area contributed by atoms with Gasteiger partial charge in [-0.15, -0.1) is 0 Å². The number of ether oxygens (including phenoxy) is 1. The molecule has 2 amide bonds. The summed E-state index contributed by atoms with van der Waals surface area (Å²) in [5.74, 6) is -0.368. The van der Waals surface area contributed by atoms with E-state index >= 15 is 0 Å². The lowest BCUT2D eigenvalue weighted by Crippen LogP contribution is -2.41. The van der Waals surface area contributed by atoms with E-state index in [-0.39, 0.29) is 30.7 Å². The second-order valence-electron chi connectivity index (χ2n) is 6.18. The summed E-state index contributed by atoms with van der Waals surface area (Å²) < 4.78 is 18.3. The second-order valence-corrected chi connectivity index (χ2v) is 6.62. The summed E-state index contributed by atoms with van der Waals surface area (Å²) in [5.41, 5.74) is 1.07. The zero-order chi connectivity index (χ0) is 20.7. The molecule has 6 nitrogen and oxygen atoms in total. The number of methoxy groups -OCH3 is 1. The highest BCUT2D eigenvalue weighted by molar-refractivity contribution is 6.31. The molecule has 1 N–H and O–H groups in total. The van der Waals surface area contributed by atoms with Crippen molar-refractivity contribution in [1.29, 1.82) is 0 Å². The third-order valence-corrected chi connectivity index (χ3v) is 4.24. The summed E-state index contributed by atoms with van der Waals surface area (Å²) in [5, 5.41) is 3.20. The summed E-state index contributed by atoms with van der Waals surface area (Å²) in [6.45, 7) is 2.30. The van der Waals surface area contributed by atoms with Gasteiger partial charge in [-0.2, -0.15) is 0 Å². The Labute approximate surface area is 168 Å². The summed E-state index contributed by atoms with van der Waals surface area (Å²) in [6, 6.07) is 10.6. The number of rotatable bonds is 8. The number of benzene rings is 2. The quantitative estimate of drug-likeness (QED) is 0.728. The molecule has 0 saturated carbocycles. The second kappa shape index (κ2) is 10.1. The van der Waals surface area contributed by atoms with Gasteiger partial charge in [-0.1, -0.05) is 11.6 Å². The monoisotopic (exact) mass is 407 g/mol. The van der Waals surface area contributed by atoms with Crippen LogP contribution in [0, 0.1) is 5.82 Å². The van der Waals surface area contributed by atoms with Crippen molar-refractivity contribution in [2.24, 2.45) is 0 Å². The van der Waals surface area contributed by atoms with Crippen LogP contribution in [0.15, 0.2) is 42.5 Å². The minimum absolute atomic E-state index is 0.00236. The molecule has 2 rings (SSSR count). The number of anilines is 2. The average Bonchev–Trinajstić information content (AvgIpc) is 2.63. The fourth-order valence-electron chi connectivity index (χ4n) is 2.71. The van der Waals surface area contributed by atoms with Gasteiger partial charge in [0, 0.05) is 17.3 Å². The molecule has 0 unspecified atom stereocenters. The molecule has 2 aromatic rings. The van der Waals surface area contributed by atoms with Gasteiger partial charge >= 0.3 is 0 Å². The van der Waals surface area contributed by atoms with Crippen LogP contribution in [0.2, 0.25) is 5.02 Å². The largest absolute Gasteiger partial charge is 0.495 e. The molecule has 0 saturated heterocycles. The molecule has 0 radical (unpaired) electrons. The van der Waals surface area contributed by atoms with Crippen molar-refractivity contribution in [2.45, 2.75) is 6.92 Å². The summed E-state index contributed by atoms with van der Waals surface area (Å²) in [4.78, 5) is 28.0.